The van der Waals surface area contributed by atoms with Gasteiger partial charge >= 0.3 is 5.97 Å². The van der Waals surface area contributed by atoms with Crippen LogP contribution in [0.5, 0.6) is 0 Å². The quantitative estimate of drug-likeness (QED) is 0.606. The van der Waals surface area contributed by atoms with E-state index in [4.69, 9.17) is 10.4 Å². The molecule has 8 nitrogen and oxygen atoms in total. The molecule has 19 heavy (non-hydrogen) atoms. The van der Waals surface area contributed by atoms with E-state index in [9.17, 15) is 19.7 Å². The Labute approximate surface area is 107 Å². The Hall–Kier alpha value is -2.95. The van der Waals surface area contributed by atoms with Crippen LogP contribution in [0.15, 0.2) is 18.2 Å². The molecule has 2 N–H and O–H groups in total. The number of carboxylic acids is 1. The second-order valence-electron chi connectivity index (χ2n) is 3.54. The van der Waals surface area contributed by atoms with Crippen LogP contribution in [0.4, 0.5) is 11.4 Å². The van der Waals surface area contributed by atoms with Crippen LogP contribution in [0.25, 0.3) is 0 Å². The minimum atomic E-state index is -1.11. The van der Waals surface area contributed by atoms with Crippen LogP contribution in [-0.4, -0.2) is 21.9 Å². The van der Waals surface area contributed by atoms with Gasteiger partial charge in [0.15, 0.2) is 0 Å². The van der Waals surface area contributed by atoms with Crippen LogP contribution in [0.1, 0.15) is 18.4 Å². The number of nitro benzene ring substituents is 1. The van der Waals surface area contributed by atoms with Crippen molar-refractivity contribution >= 4 is 23.3 Å². The van der Waals surface area contributed by atoms with Gasteiger partial charge in [-0.3, -0.25) is 19.7 Å². The number of nitro groups is 1. The molecule has 1 aromatic carbocycles. The van der Waals surface area contributed by atoms with Crippen molar-refractivity contribution in [1.29, 1.82) is 5.26 Å². The largest absolute Gasteiger partial charge is 0.481 e. The first-order chi connectivity index (χ1) is 8.93. The van der Waals surface area contributed by atoms with E-state index in [1.54, 1.807) is 6.07 Å². The number of hydrogen-bond donors (Lipinski definition) is 2. The molecule has 8 heteroatoms. The molecule has 1 rings (SSSR count). The Morgan fingerprint density at radius 3 is 2.63 bits per heavy atom. The van der Waals surface area contributed by atoms with Crippen molar-refractivity contribution in [2.24, 2.45) is 0 Å². The summed E-state index contributed by atoms with van der Waals surface area (Å²) in [5, 5.41) is 30.1. The summed E-state index contributed by atoms with van der Waals surface area (Å²) < 4.78 is 0. The lowest BCUT2D eigenvalue weighted by molar-refractivity contribution is -0.384. The van der Waals surface area contributed by atoms with Crippen molar-refractivity contribution in [3.63, 3.8) is 0 Å². The van der Waals surface area contributed by atoms with E-state index < -0.39 is 16.8 Å². The van der Waals surface area contributed by atoms with Crippen LogP contribution in [-0.2, 0) is 9.59 Å². The fourth-order valence-corrected chi connectivity index (χ4v) is 1.28. The maximum atomic E-state index is 11.4. The molecule has 0 saturated carbocycles. The standard InChI is InChI=1S/C11H9N3O5/c12-6-7-5-8(14(18)19)1-2-9(7)13-10(15)3-4-11(16)17/h1-2,5H,3-4H2,(H,13,15)(H,16,17). The summed E-state index contributed by atoms with van der Waals surface area (Å²) >= 11 is 0. The number of carboxylic acid groups (broad SMARTS) is 1. The fourth-order valence-electron chi connectivity index (χ4n) is 1.28. The third-order valence-corrected chi connectivity index (χ3v) is 2.17. The Kier molecular flexibility index (Phi) is 4.54. The number of anilines is 1. The monoisotopic (exact) mass is 263 g/mol. The molecule has 0 aromatic heterocycles. The number of aliphatic carboxylic acids is 1. The van der Waals surface area contributed by atoms with E-state index in [2.05, 4.69) is 5.32 Å². The summed E-state index contributed by atoms with van der Waals surface area (Å²) in [6, 6.07) is 5.14. The Morgan fingerprint density at radius 1 is 1.42 bits per heavy atom. The smallest absolute Gasteiger partial charge is 0.303 e. The molecule has 98 valence electrons. The summed E-state index contributed by atoms with van der Waals surface area (Å²) in [5.74, 6) is -1.69. The maximum Gasteiger partial charge on any atom is 0.303 e. The topological polar surface area (TPSA) is 133 Å². The van der Waals surface area contributed by atoms with E-state index in [0.29, 0.717) is 0 Å². The Bertz CT molecular complexity index is 576. The predicted octanol–water partition coefficient (Wildman–Crippen LogP) is 1.27. The summed E-state index contributed by atoms with van der Waals surface area (Å²) in [7, 11) is 0. The maximum absolute atomic E-state index is 11.4. The lowest BCUT2D eigenvalue weighted by atomic mass is 10.1. The Balaban J connectivity index is 2.84. The van der Waals surface area contributed by atoms with Gasteiger partial charge < -0.3 is 10.4 Å². The molecular weight excluding hydrogens is 254 g/mol. The van der Waals surface area contributed by atoms with Crippen molar-refractivity contribution < 1.29 is 19.6 Å². The molecule has 0 aliphatic rings. The molecule has 0 fully saturated rings. The van der Waals surface area contributed by atoms with Gasteiger partial charge in [0.05, 0.1) is 22.6 Å². The molecule has 1 aromatic rings. The zero-order chi connectivity index (χ0) is 14.4. The van der Waals surface area contributed by atoms with E-state index in [1.165, 1.54) is 6.07 Å². The summed E-state index contributed by atoms with van der Waals surface area (Å²) in [4.78, 5) is 31.5. The first-order valence-corrected chi connectivity index (χ1v) is 5.14. The number of nitrogens with zero attached hydrogens (tertiary/aromatic N) is 2. The predicted molar refractivity (Wildman–Crippen MR) is 63.3 cm³/mol. The minimum absolute atomic E-state index is 0.0575. The number of non-ortho nitro benzene ring substituents is 1. The van der Waals surface area contributed by atoms with Gasteiger partial charge in [0.2, 0.25) is 5.91 Å². The third-order valence-electron chi connectivity index (χ3n) is 2.17. The van der Waals surface area contributed by atoms with Crippen molar-refractivity contribution in [2.45, 2.75) is 12.8 Å². The van der Waals surface area contributed by atoms with Crippen LogP contribution in [0.2, 0.25) is 0 Å². The van der Waals surface area contributed by atoms with Crippen LogP contribution < -0.4 is 5.32 Å². The average Bonchev–Trinajstić information content (AvgIpc) is 2.36. The zero-order valence-corrected chi connectivity index (χ0v) is 9.62. The first kappa shape index (κ1) is 14.1. The molecule has 0 aliphatic carbocycles. The number of nitriles is 1. The Morgan fingerprint density at radius 2 is 2.11 bits per heavy atom. The number of nitrogens with one attached hydrogen (secondary N) is 1. The van der Waals surface area contributed by atoms with Gasteiger partial charge in [-0.15, -0.1) is 0 Å². The summed E-state index contributed by atoms with van der Waals surface area (Å²) in [5.41, 5.74) is -0.207. The van der Waals surface area contributed by atoms with Gasteiger partial charge in [0.25, 0.3) is 5.69 Å². The normalized spacial score (nSPS) is 9.42. The first-order valence-electron chi connectivity index (χ1n) is 5.14. The molecule has 0 heterocycles. The number of amides is 1. The second-order valence-corrected chi connectivity index (χ2v) is 3.54. The van der Waals surface area contributed by atoms with E-state index in [-0.39, 0.29) is 29.8 Å². The van der Waals surface area contributed by atoms with Crippen molar-refractivity contribution in [3.05, 3.63) is 33.9 Å². The highest BCUT2D eigenvalue weighted by Gasteiger charge is 2.13. The van der Waals surface area contributed by atoms with E-state index in [1.807, 2.05) is 0 Å². The van der Waals surface area contributed by atoms with Gasteiger partial charge in [-0.1, -0.05) is 0 Å². The molecule has 0 atom stereocenters. The molecule has 0 spiro atoms. The SMILES string of the molecule is N#Cc1cc([N+](=O)[O-])ccc1NC(=O)CCC(=O)O. The number of hydrogen-bond acceptors (Lipinski definition) is 5. The minimum Gasteiger partial charge on any atom is -0.481 e. The van der Waals surface area contributed by atoms with Gasteiger partial charge in [0.1, 0.15) is 6.07 Å². The molecule has 0 radical (unpaired) electrons. The van der Waals surface area contributed by atoms with Crippen LogP contribution >= 0.6 is 0 Å². The van der Waals surface area contributed by atoms with Gasteiger partial charge in [0, 0.05) is 18.6 Å². The lowest BCUT2D eigenvalue weighted by Gasteiger charge is -2.05. The lowest BCUT2D eigenvalue weighted by Crippen LogP contribution is -2.14. The van der Waals surface area contributed by atoms with E-state index in [0.717, 1.165) is 12.1 Å². The fraction of sp³-hybridized carbons (Fsp3) is 0.182. The second kappa shape index (κ2) is 6.11. The number of carbonyl (C=O) groups excluding carboxylic acids is 1. The highest BCUT2D eigenvalue weighted by molar-refractivity contribution is 5.93. The van der Waals surface area contributed by atoms with E-state index >= 15 is 0 Å². The highest BCUT2D eigenvalue weighted by atomic mass is 16.6. The van der Waals surface area contributed by atoms with Gasteiger partial charge in [-0.25, -0.2) is 0 Å². The molecule has 1 amide bonds. The number of rotatable bonds is 5. The zero-order valence-electron chi connectivity index (χ0n) is 9.62. The van der Waals surface area contributed by atoms with Gasteiger partial charge in [-0.2, -0.15) is 5.26 Å². The molecule has 0 bridgehead atoms. The molecule has 0 aliphatic heterocycles. The summed E-state index contributed by atoms with van der Waals surface area (Å²) in [6.07, 6.45) is -0.572. The molecule has 0 unspecified atom stereocenters. The molecule has 0 saturated heterocycles. The van der Waals surface area contributed by atoms with Crippen LogP contribution in [0.3, 0.4) is 0 Å². The highest BCUT2D eigenvalue weighted by Crippen LogP contribution is 2.21. The third kappa shape index (κ3) is 4.08. The number of carbonyl (C=O) groups is 2. The van der Waals surface area contributed by atoms with Crippen LogP contribution in [0, 0.1) is 21.4 Å². The average molecular weight is 263 g/mol. The van der Waals surface area contributed by atoms with Crippen molar-refractivity contribution in [1.82, 2.24) is 0 Å². The van der Waals surface area contributed by atoms with Crippen molar-refractivity contribution in [2.75, 3.05) is 5.32 Å². The van der Waals surface area contributed by atoms with Gasteiger partial charge in [-0.05, 0) is 6.07 Å². The summed E-state index contributed by atoms with van der Waals surface area (Å²) in [6.45, 7) is 0. The number of benzene rings is 1. The molecular formula is C11H9N3O5. The van der Waals surface area contributed by atoms with Crippen molar-refractivity contribution in [3.8, 4) is 6.07 Å².